The molecule has 0 amide bonds. The molecule has 1 saturated heterocycles. The van der Waals surface area contributed by atoms with E-state index in [9.17, 15) is 14.7 Å². The maximum atomic E-state index is 14.1. The fraction of sp³-hybridized carbons (Fsp3) is 0.345. The number of anilines is 2. The zero-order valence-electron chi connectivity index (χ0n) is 21.5. The first-order valence-electron chi connectivity index (χ1n) is 12.5. The number of benzene rings is 2. The van der Waals surface area contributed by atoms with Crippen molar-refractivity contribution in [1.29, 1.82) is 0 Å². The predicted molar refractivity (Wildman–Crippen MR) is 143 cm³/mol. The average Bonchev–Trinajstić information content (AvgIpc) is 3.39. The number of hydrogen-bond donors (Lipinski definition) is 2. The number of rotatable bonds is 6. The SMILES string of the molecule is Cc1cc(C(C)Nc2ccccc2C(=O)O)c2oc(-c3cnoc3)c(N3CCC(C)(C)CC3)c(=O)c2c1. The number of nitrogens with one attached hydrogen (secondary N) is 1. The molecule has 1 atom stereocenters. The highest BCUT2D eigenvalue weighted by Crippen LogP contribution is 2.38. The zero-order chi connectivity index (χ0) is 26.3. The number of carbonyl (C=O) groups is 1. The van der Waals surface area contributed by atoms with Crippen LogP contribution in [-0.2, 0) is 0 Å². The van der Waals surface area contributed by atoms with Gasteiger partial charge >= 0.3 is 5.97 Å². The molecule has 37 heavy (non-hydrogen) atoms. The molecule has 4 aromatic rings. The second-order valence-corrected chi connectivity index (χ2v) is 10.6. The summed E-state index contributed by atoms with van der Waals surface area (Å²) >= 11 is 0. The first-order valence-corrected chi connectivity index (χ1v) is 12.5. The lowest BCUT2D eigenvalue weighted by Crippen LogP contribution is -2.39. The van der Waals surface area contributed by atoms with Gasteiger partial charge in [0.05, 0.1) is 28.8 Å². The van der Waals surface area contributed by atoms with Gasteiger partial charge in [0.25, 0.3) is 0 Å². The van der Waals surface area contributed by atoms with Crippen LogP contribution < -0.4 is 15.6 Å². The van der Waals surface area contributed by atoms with E-state index in [0.29, 0.717) is 33.7 Å². The second-order valence-electron chi connectivity index (χ2n) is 10.6. The van der Waals surface area contributed by atoms with E-state index in [-0.39, 0.29) is 22.4 Å². The fourth-order valence-electron chi connectivity index (χ4n) is 5.03. The lowest BCUT2D eigenvalue weighted by Gasteiger charge is -2.38. The average molecular weight is 502 g/mol. The van der Waals surface area contributed by atoms with Crippen molar-refractivity contribution < 1.29 is 18.8 Å². The molecular weight excluding hydrogens is 470 g/mol. The Morgan fingerprint density at radius 3 is 2.59 bits per heavy atom. The lowest BCUT2D eigenvalue weighted by atomic mass is 9.82. The molecule has 1 aliphatic heterocycles. The molecule has 2 aromatic heterocycles. The summed E-state index contributed by atoms with van der Waals surface area (Å²) in [5.74, 6) is -0.582. The van der Waals surface area contributed by atoms with E-state index < -0.39 is 5.97 Å². The van der Waals surface area contributed by atoms with Gasteiger partial charge in [-0.1, -0.05) is 37.2 Å². The summed E-state index contributed by atoms with van der Waals surface area (Å²) in [6, 6.07) is 10.2. The summed E-state index contributed by atoms with van der Waals surface area (Å²) in [7, 11) is 0. The van der Waals surface area contributed by atoms with Crippen LogP contribution >= 0.6 is 0 Å². The van der Waals surface area contributed by atoms with E-state index in [1.54, 1.807) is 30.5 Å². The largest absolute Gasteiger partial charge is 0.478 e. The number of carboxylic acids is 1. The van der Waals surface area contributed by atoms with E-state index >= 15 is 0 Å². The van der Waals surface area contributed by atoms with Crippen molar-refractivity contribution in [3.05, 3.63) is 75.8 Å². The molecule has 8 nitrogen and oxygen atoms in total. The van der Waals surface area contributed by atoms with Crippen molar-refractivity contribution in [2.24, 2.45) is 5.41 Å². The van der Waals surface area contributed by atoms with Gasteiger partial charge in [-0.05, 0) is 55.9 Å². The molecule has 0 bridgehead atoms. The van der Waals surface area contributed by atoms with E-state index in [0.717, 1.165) is 37.1 Å². The number of para-hydroxylation sites is 1. The van der Waals surface area contributed by atoms with Gasteiger partial charge in [-0.25, -0.2) is 4.79 Å². The predicted octanol–water partition coefficient (Wildman–Crippen LogP) is 6.25. The fourth-order valence-corrected chi connectivity index (χ4v) is 5.03. The summed E-state index contributed by atoms with van der Waals surface area (Å²) in [6.45, 7) is 9.87. The second kappa shape index (κ2) is 9.42. The maximum absolute atomic E-state index is 14.1. The monoisotopic (exact) mass is 501 g/mol. The summed E-state index contributed by atoms with van der Waals surface area (Å²) in [6.07, 6.45) is 4.98. The van der Waals surface area contributed by atoms with Gasteiger partial charge in [0, 0.05) is 24.3 Å². The quantitative estimate of drug-likeness (QED) is 0.319. The summed E-state index contributed by atoms with van der Waals surface area (Å²) < 4.78 is 11.7. The molecule has 0 aliphatic carbocycles. The smallest absolute Gasteiger partial charge is 0.337 e. The number of aryl methyl sites for hydroxylation is 1. The van der Waals surface area contributed by atoms with Gasteiger partial charge in [0.1, 0.15) is 17.5 Å². The number of aromatic nitrogens is 1. The van der Waals surface area contributed by atoms with Crippen LogP contribution in [0.15, 0.2) is 62.6 Å². The number of aromatic carboxylic acids is 1. The van der Waals surface area contributed by atoms with Crippen molar-refractivity contribution in [2.75, 3.05) is 23.3 Å². The molecular formula is C29H31N3O5. The molecule has 1 unspecified atom stereocenters. The molecule has 5 rings (SSSR count). The van der Waals surface area contributed by atoms with Crippen molar-refractivity contribution in [3.63, 3.8) is 0 Å². The minimum Gasteiger partial charge on any atom is -0.478 e. The van der Waals surface area contributed by atoms with Crippen LogP contribution in [0.4, 0.5) is 11.4 Å². The third kappa shape index (κ3) is 4.71. The number of fused-ring (bicyclic) bond motifs is 1. The Kier molecular flexibility index (Phi) is 6.27. The summed E-state index contributed by atoms with van der Waals surface area (Å²) in [5, 5.41) is 17.3. The third-order valence-corrected chi connectivity index (χ3v) is 7.26. The molecule has 0 radical (unpaired) electrons. The Hall–Kier alpha value is -4.07. The van der Waals surface area contributed by atoms with Gasteiger partial charge in [0.2, 0.25) is 5.43 Å². The van der Waals surface area contributed by atoms with E-state index in [1.165, 1.54) is 6.26 Å². The molecule has 2 N–H and O–H groups in total. The summed E-state index contributed by atoms with van der Waals surface area (Å²) in [4.78, 5) is 27.9. The molecule has 0 spiro atoms. The molecule has 2 aromatic carbocycles. The Bertz CT molecular complexity index is 1510. The Morgan fingerprint density at radius 2 is 1.92 bits per heavy atom. The van der Waals surface area contributed by atoms with Gasteiger partial charge in [-0.15, -0.1) is 0 Å². The van der Waals surface area contributed by atoms with Gasteiger partial charge in [0.15, 0.2) is 5.76 Å². The van der Waals surface area contributed by atoms with Gasteiger partial charge in [-0.2, -0.15) is 0 Å². The highest BCUT2D eigenvalue weighted by atomic mass is 16.5. The van der Waals surface area contributed by atoms with Crippen LogP contribution in [0.3, 0.4) is 0 Å². The lowest BCUT2D eigenvalue weighted by molar-refractivity contribution is 0.0698. The Morgan fingerprint density at radius 1 is 1.19 bits per heavy atom. The van der Waals surface area contributed by atoms with Crippen LogP contribution in [0, 0.1) is 12.3 Å². The van der Waals surface area contributed by atoms with E-state index in [4.69, 9.17) is 8.94 Å². The number of carboxylic acid groups (broad SMARTS) is 1. The maximum Gasteiger partial charge on any atom is 0.337 e. The molecule has 192 valence electrons. The van der Waals surface area contributed by atoms with E-state index in [2.05, 4.69) is 29.2 Å². The van der Waals surface area contributed by atoms with Gasteiger partial charge < -0.3 is 24.3 Å². The van der Waals surface area contributed by atoms with Crippen LogP contribution in [0.25, 0.3) is 22.3 Å². The van der Waals surface area contributed by atoms with Crippen LogP contribution in [0.2, 0.25) is 0 Å². The van der Waals surface area contributed by atoms with E-state index in [1.807, 2.05) is 26.0 Å². The minimum absolute atomic E-state index is 0.0970. The normalized spacial score (nSPS) is 16.1. The molecule has 1 fully saturated rings. The molecule has 3 heterocycles. The number of hydrogen-bond acceptors (Lipinski definition) is 7. The number of nitrogens with zero attached hydrogens (tertiary/aromatic N) is 2. The zero-order valence-corrected chi connectivity index (χ0v) is 21.5. The first-order chi connectivity index (χ1) is 17.6. The van der Waals surface area contributed by atoms with Crippen molar-refractivity contribution >= 4 is 28.3 Å². The number of piperidine rings is 1. The van der Waals surface area contributed by atoms with Crippen molar-refractivity contribution in [2.45, 2.75) is 46.6 Å². The van der Waals surface area contributed by atoms with Gasteiger partial charge in [-0.3, -0.25) is 4.79 Å². The van der Waals surface area contributed by atoms with Crippen LogP contribution in [0.1, 0.15) is 61.1 Å². The topological polar surface area (TPSA) is 109 Å². The highest BCUT2D eigenvalue weighted by molar-refractivity contribution is 5.94. The third-order valence-electron chi connectivity index (χ3n) is 7.26. The highest BCUT2D eigenvalue weighted by Gasteiger charge is 2.31. The first kappa shape index (κ1) is 24.6. The molecule has 1 aliphatic rings. The standard InChI is InChI=1S/C29H31N3O5/c1-17-13-21(18(2)31-23-8-6-5-7-20(23)28(34)35)27-22(14-17)25(33)24(26(37-27)19-15-30-36-16-19)32-11-9-29(3,4)10-12-32/h5-8,13-16,18,31H,9-12H2,1-4H3,(H,34,35). The van der Waals surface area contributed by atoms with Crippen molar-refractivity contribution in [1.82, 2.24) is 5.16 Å². The van der Waals surface area contributed by atoms with Crippen LogP contribution in [0.5, 0.6) is 0 Å². The van der Waals surface area contributed by atoms with Crippen molar-refractivity contribution in [3.8, 4) is 11.3 Å². The Balaban J connectivity index is 1.66. The Labute approximate surface area is 214 Å². The molecule has 0 saturated carbocycles. The van der Waals surface area contributed by atoms with Crippen LogP contribution in [-0.4, -0.2) is 29.3 Å². The summed E-state index contributed by atoms with van der Waals surface area (Å²) in [5.41, 5.74) is 4.05. The molecule has 8 heteroatoms. The minimum atomic E-state index is -1.01.